The van der Waals surface area contributed by atoms with Crippen molar-refractivity contribution in [2.24, 2.45) is 0 Å². The Balaban J connectivity index is 1.32. The van der Waals surface area contributed by atoms with E-state index in [-0.39, 0.29) is 6.79 Å². The molecular weight excluding hydrogens is 366 g/mol. The van der Waals surface area contributed by atoms with E-state index in [0.29, 0.717) is 47.6 Å². The van der Waals surface area contributed by atoms with Gasteiger partial charge in [0.05, 0.1) is 0 Å². The second-order valence-electron chi connectivity index (χ2n) is 6.24. The van der Waals surface area contributed by atoms with Gasteiger partial charge in [-0.15, -0.1) is 0 Å². The molecule has 2 aromatic rings. The third-order valence-corrected chi connectivity index (χ3v) is 4.19. The van der Waals surface area contributed by atoms with Gasteiger partial charge in [-0.1, -0.05) is 0 Å². The third-order valence-electron chi connectivity index (χ3n) is 4.19. The van der Waals surface area contributed by atoms with E-state index in [0.717, 1.165) is 0 Å². The fourth-order valence-electron chi connectivity index (χ4n) is 2.81. The molecule has 2 aliphatic heterocycles. The van der Waals surface area contributed by atoms with Crippen molar-refractivity contribution in [3.05, 3.63) is 36.4 Å². The standard InChI is InChI=1S/C19H19N3O6/c1-11(20-12-2-5-15-17(8-12)28-10-27-15)18(23)22-19(24)21-13-3-4-14-16(9-13)26-7-6-25-14/h2-5,8-9,11,20H,6-7,10H2,1H3,(H2,21,22,23,24)/t11-/m1/s1. The molecule has 0 aliphatic carbocycles. The first-order valence-electron chi connectivity index (χ1n) is 8.76. The Morgan fingerprint density at radius 3 is 2.29 bits per heavy atom. The number of imide groups is 1. The lowest BCUT2D eigenvalue weighted by atomic mass is 10.2. The van der Waals surface area contributed by atoms with Crippen molar-refractivity contribution in [3.8, 4) is 23.0 Å². The molecule has 4 rings (SSSR count). The number of carbonyl (C=O) groups excluding carboxylic acids is 2. The Hall–Kier alpha value is -3.62. The Bertz CT molecular complexity index is 917. The van der Waals surface area contributed by atoms with Gasteiger partial charge in [-0.05, 0) is 31.2 Å². The van der Waals surface area contributed by atoms with Gasteiger partial charge < -0.3 is 29.6 Å². The Morgan fingerprint density at radius 1 is 0.857 bits per heavy atom. The van der Waals surface area contributed by atoms with Crippen molar-refractivity contribution in [2.75, 3.05) is 30.6 Å². The van der Waals surface area contributed by atoms with Crippen molar-refractivity contribution in [1.82, 2.24) is 5.32 Å². The van der Waals surface area contributed by atoms with Crippen LogP contribution in [0.4, 0.5) is 16.2 Å². The number of benzene rings is 2. The van der Waals surface area contributed by atoms with Crippen LogP contribution in [0.25, 0.3) is 0 Å². The first-order chi connectivity index (χ1) is 13.6. The predicted octanol–water partition coefficient (Wildman–Crippen LogP) is 2.34. The summed E-state index contributed by atoms with van der Waals surface area (Å²) in [4.78, 5) is 24.4. The summed E-state index contributed by atoms with van der Waals surface area (Å²) in [6.07, 6.45) is 0. The molecule has 9 heteroatoms. The number of urea groups is 1. The summed E-state index contributed by atoms with van der Waals surface area (Å²) in [7, 11) is 0. The van der Waals surface area contributed by atoms with Crippen molar-refractivity contribution in [2.45, 2.75) is 13.0 Å². The highest BCUT2D eigenvalue weighted by Crippen LogP contribution is 2.34. The molecule has 0 fully saturated rings. The second-order valence-corrected chi connectivity index (χ2v) is 6.24. The molecule has 2 aliphatic rings. The second kappa shape index (κ2) is 7.55. The van der Waals surface area contributed by atoms with Gasteiger partial charge in [0.25, 0.3) is 0 Å². The predicted molar refractivity (Wildman–Crippen MR) is 100 cm³/mol. The Kier molecular flexibility index (Phi) is 4.79. The van der Waals surface area contributed by atoms with Crippen molar-refractivity contribution in [3.63, 3.8) is 0 Å². The van der Waals surface area contributed by atoms with Crippen molar-refractivity contribution in [1.29, 1.82) is 0 Å². The average Bonchev–Trinajstić information content (AvgIpc) is 3.15. The molecule has 0 aromatic heterocycles. The smallest absolute Gasteiger partial charge is 0.325 e. The van der Waals surface area contributed by atoms with Crippen LogP contribution in [0.2, 0.25) is 0 Å². The number of fused-ring (bicyclic) bond motifs is 2. The molecule has 2 aromatic carbocycles. The van der Waals surface area contributed by atoms with Crippen LogP contribution >= 0.6 is 0 Å². The van der Waals surface area contributed by atoms with Crippen LogP contribution in [-0.2, 0) is 4.79 Å². The third kappa shape index (κ3) is 3.88. The average molecular weight is 385 g/mol. The molecule has 2 heterocycles. The lowest BCUT2D eigenvalue weighted by Gasteiger charge is -2.19. The van der Waals surface area contributed by atoms with E-state index in [4.69, 9.17) is 18.9 Å². The summed E-state index contributed by atoms with van der Waals surface area (Å²) in [5.74, 6) is 1.95. The van der Waals surface area contributed by atoms with Crippen LogP contribution in [0.1, 0.15) is 6.92 Å². The van der Waals surface area contributed by atoms with Gasteiger partial charge in [-0.25, -0.2) is 4.79 Å². The Morgan fingerprint density at radius 2 is 1.46 bits per heavy atom. The molecule has 0 saturated carbocycles. The molecule has 0 unspecified atom stereocenters. The van der Waals surface area contributed by atoms with Crippen LogP contribution in [-0.4, -0.2) is 38.0 Å². The molecule has 0 bridgehead atoms. The molecule has 0 radical (unpaired) electrons. The first-order valence-corrected chi connectivity index (χ1v) is 8.76. The zero-order chi connectivity index (χ0) is 19.5. The maximum atomic E-state index is 12.3. The number of nitrogens with one attached hydrogen (secondary N) is 3. The summed E-state index contributed by atoms with van der Waals surface area (Å²) in [6.45, 7) is 2.76. The largest absolute Gasteiger partial charge is 0.486 e. The van der Waals surface area contributed by atoms with Crippen molar-refractivity contribution >= 4 is 23.3 Å². The van der Waals surface area contributed by atoms with Gasteiger partial charge in [-0.3, -0.25) is 10.1 Å². The van der Waals surface area contributed by atoms with Crippen LogP contribution in [0, 0.1) is 0 Å². The highest BCUT2D eigenvalue weighted by Gasteiger charge is 2.19. The van der Waals surface area contributed by atoms with Crippen LogP contribution < -0.4 is 34.9 Å². The molecule has 0 saturated heterocycles. The minimum absolute atomic E-state index is 0.175. The number of amides is 3. The SMILES string of the molecule is C[C@@H](Nc1ccc2c(c1)OCO2)C(=O)NC(=O)Nc1ccc2c(c1)OCCO2. The van der Waals surface area contributed by atoms with E-state index in [1.54, 1.807) is 43.3 Å². The van der Waals surface area contributed by atoms with Gasteiger partial charge in [0, 0.05) is 23.5 Å². The molecule has 146 valence electrons. The van der Waals surface area contributed by atoms with E-state index in [2.05, 4.69) is 16.0 Å². The lowest BCUT2D eigenvalue weighted by molar-refractivity contribution is -0.120. The molecule has 1 atom stereocenters. The topological polar surface area (TPSA) is 107 Å². The minimum Gasteiger partial charge on any atom is -0.486 e. The summed E-state index contributed by atoms with van der Waals surface area (Å²) in [5, 5.41) is 7.92. The van der Waals surface area contributed by atoms with Gasteiger partial charge in [-0.2, -0.15) is 0 Å². The van der Waals surface area contributed by atoms with Crippen molar-refractivity contribution < 1.29 is 28.5 Å². The maximum absolute atomic E-state index is 12.3. The molecule has 9 nitrogen and oxygen atoms in total. The van der Waals surface area contributed by atoms with E-state index in [1.165, 1.54) is 0 Å². The highest BCUT2D eigenvalue weighted by atomic mass is 16.7. The number of rotatable bonds is 4. The van der Waals surface area contributed by atoms with Crippen LogP contribution in [0.15, 0.2) is 36.4 Å². The summed E-state index contributed by atoms with van der Waals surface area (Å²) in [5.41, 5.74) is 1.17. The summed E-state index contributed by atoms with van der Waals surface area (Å²) >= 11 is 0. The number of hydrogen-bond donors (Lipinski definition) is 3. The molecule has 3 N–H and O–H groups in total. The molecule has 3 amide bonds. The summed E-state index contributed by atoms with van der Waals surface area (Å²) < 4.78 is 21.5. The fraction of sp³-hybridized carbons (Fsp3) is 0.263. The number of hydrogen-bond acceptors (Lipinski definition) is 7. The zero-order valence-corrected chi connectivity index (χ0v) is 15.1. The van der Waals surface area contributed by atoms with Gasteiger partial charge in [0.1, 0.15) is 19.3 Å². The molecule has 0 spiro atoms. The minimum atomic E-state index is -0.647. The number of ether oxygens (including phenoxy) is 4. The molecule has 28 heavy (non-hydrogen) atoms. The Labute approximate surface area is 160 Å². The lowest BCUT2D eigenvalue weighted by Crippen LogP contribution is -2.42. The van der Waals surface area contributed by atoms with Crippen LogP contribution in [0.3, 0.4) is 0 Å². The van der Waals surface area contributed by atoms with Gasteiger partial charge in [0.2, 0.25) is 12.7 Å². The number of carbonyl (C=O) groups is 2. The van der Waals surface area contributed by atoms with Gasteiger partial charge in [0.15, 0.2) is 23.0 Å². The normalized spacial score (nSPS) is 14.8. The molecular formula is C19H19N3O6. The first kappa shape index (κ1) is 17.8. The van der Waals surface area contributed by atoms with E-state index >= 15 is 0 Å². The van der Waals surface area contributed by atoms with E-state index in [9.17, 15) is 9.59 Å². The monoisotopic (exact) mass is 385 g/mol. The highest BCUT2D eigenvalue weighted by molar-refractivity contribution is 6.03. The zero-order valence-electron chi connectivity index (χ0n) is 15.1. The fourth-order valence-corrected chi connectivity index (χ4v) is 2.81. The van der Waals surface area contributed by atoms with Gasteiger partial charge >= 0.3 is 6.03 Å². The van der Waals surface area contributed by atoms with Crippen LogP contribution in [0.5, 0.6) is 23.0 Å². The number of anilines is 2. The quantitative estimate of drug-likeness (QED) is 0.741. The van der Waals surface area contributed by atoms with E-state index < -0.39 is 18.0 Å². The summed E-state index contributed by atoms with van der Waals surface area (Å²) in [6, 6.07) is 9.00. The maximum Gasteiger partial charge on any atom is 0.325 e. The van der Waals surface area contributed by atoms with E-state index in [1.807, 2.05) is 0 Å².